The minimum atomic E-state index is 0.120. The van der Waals surface area contributed by atoms with Crippen LogP contribution in [-0.4, -0.2) is 47.7 Å². The summed E-state index contributed by atoms with van der Waals surface area (Å²) in [6, 6.07) is 0.137. The number of hydrogen-bond donors (Lipinski definition) is 0. The average molecular weight is 339 g/mol. The second-order valence-electron chi connectivity index (χ2n) is 6.42. The van der Waals surface area contributed by atoms with Crippen LogP contribution in [0.2, 0.25) is 0 Å². The van der Waals surface area contributed by atoms with Crippen LogP contribution in [0.5, 0.6) is 0 Å². The normalized spacial score (nSPS) is 17.5. The zero-order chi connectivity index (χ0) is 17.4. The van der Waals surface area contributed by atoms with Crippen molar-refractivity contribution in [3.05, 3.63) is 30.6 Å². The Bertz CT molecular complexity index is 913. The molecule has 25 heavy (non-hydrogen) atoms. The third kappa shape index (κ3) is 2.77. The van der Waals surface area contributed by atoms with Gasteiger partial charge in [0.1, 0.15) is 6.33 Å². The van der Waals surface area contributed by atoms with Gasteiger partial charge in [0.05, 0.1) is 18.1 Å². The van der Waals surface area contributed by atoms with Crippen LogP contribution < -0.4 is 4.90 Å². The Morgan fingerprint density at radius 1 is 1.32 bits per heavy atom. The van der Waals surface area contributed by atoms with Crippen LogP contribution in [0.25, 0.3) is 11.2 Å². The summed E-state index contributed by atoms with van der Waals surface area (Å²) in [6.07, 6.45) is 9.28. The van der Waals surface area contributed by atoms with Crippen LogP contribution in [0.15, 0.2) is 25.0 Å². The van der Waals surface area contributed by atoms with E-state index >= 15 is 0 Å². The Hall–Kier alpha value is -2.77. The van der Waals surface area contributed by atoms with E-state index in [-0.39, 0.29) is 11.8 Å². The van der Waals surface area contributed by atoms with Crippen molar-refractivity contribution in [1.82, 2.24) is 29.3 Å². The van der Waals surface area contributed by atoms with Crippen LogP contribution >= 0.6 is 0 Å². The Balaban J connectivity index is 1.61. The number of ketones is 1. The number of rotatable bonds is 5. The number of carbonyl (C=O) groups is 1. The molecule has 0 aliphatic carbocycles. The minimum absolute atomic E-state index is 0.120. The summed E-state index contributed by atoms with van der Waals surface area (Å²) in [5.74, 6) is 0.952. The molecule has 1 unspecified atom stereocenters. The lowest BCUT2D eigenvalue weighted by Gasteiger charge is -2.25. The number of anilines is 1. The number of carbonyl (C=O) groups excluding carboxylic acids is 1. The summed E-state index contributed by atoms with van der Waals surface area (Å²) in [6.45, 7) is 3.76. The Morgan fingerprint density at radius 3 is 2.96 bits per heavy atom. The number of fused-ring (bicyclic) bond motifs is 1. The van der Waals surface area contributed by atoms with Gasteiger partial charge in [-0.25, -0.2) is 15.0 Å². The third-order valence-corrected chi connectivity index (χ3v) is 4.82. The van der Waals surface area contributed by atoms with Crippen molar-refractivity contribution >= 4 is 22.8 Å². The van der Waals surface area contributed by atoms with Gasteiger partial charge in [-0.05, 0) is 19.8 Å². The van der Waals surface area contributed by atoms with Crippen LogP contribution in [0.4, 0.5) is 5.82 Å². The standard InChI is InChI=1S/C17H21N7O/c1-3-23-11-20-15-16(23)18-10-19-17(15)24-6-4-5-13(24)7-14(25)12-8-21-22(2)9-12/h8-11,13H,3-7H2,1-2H3. The highest BCUT2D eigenvalue weighted by Crippen LogP contribution is 2.30. The Labute approximate surface area is 145 Å². The highest BCUT2D eigenvalue weighted by molar-refractivity contribution is 5.96. The molecular weight excluding hydrogens is 318 g/mol. The van der Waals surface area contributed by atoms with E-state index in [0.29, 0.717) is 12.0 Å². The number of aromatic nitrogens is 6. The first kappa shape index (κ1) is 15.7. The zero-order valence-corrected chi connectivity index (χ0v) is 14.5. The zero-order valence-electron chi connectivity index (χ0n) is 14.5. The predicted octanol–water partition coefficient (Wildman–Crippen LogP) is 1.82. The number of aryl methyl sites for hydroxylation is 2. The summed E-state index contributed by atoms with van der Waals surface area (Å²) < 4.78 is 3.66. The molecule has 8 heteroatoms. The van der Waals surface area contributed by atoms with Gasteiger partial charge < -0.3 is 9.47 Å². The van der Waals surface area contributed by atoms with Crippen molar-refractivity contribution in [2.24, 2.45) is 7.05 Å². The summed E-state index contributed by atoms with van der Waals surface area (Å²) in [5.41, 5.74) is 2.32. The van der Waals surface area contributed by atoms with Gasteiger partial charge in [-0.2, -0.15) is 5.10 Å². The summed E-state index contributed by atoms with van der Waals surface area (Å²) in [4.78, 5) is 28.1. The van der Waals surface area contributed by atoms with E-state index in [1.165, 1.54) is 0 Å². The molecule has 1 atom stereocenters. The first-order valence-electron chi connectivity index (χ1n) is 8.61. The van der Waals surface area contributed by atoms with Crippen LogP contribution in [0, 0.1) is 0 Å². The second-order valence-corrected chi connectivity index (χ2v) is 6.42. The lowest BCUT2D eigenvalue weighted by molar-refractivity contribution is 0.0974. The van der Waals surface area contributed by atoms with Gasteiger partial charge in [0.2, 0.25) is 0 Å². The van der Waals surface area contributed by atoms with E-state index in [4.69, 9.17) is 0 Å². The summed E-state index contributed by atoms with van der Waals surface area (Å²) >= 11 is 0. The van der Waals surface area contributed by atoms with E-state index in [0.717, 1.165) is 42.9 Å². The molecular formula is C17H21N7O. The maximum absolute atomic E-state index is 12.6. The molecule has 0 amide bonds. The maximum Gasteiger partial charge on any atom is 0.168 e. The number of nitrogens with zero attached hydrogens (tertiary/aromatic N) is 7. The Morgan fingerprint density at radius 2 is 2.20 bits per heavy atom. The topological polar surface area (TPSA) is 81.7 Å². The molecule has 4 rings (SSSR count). The fourth-order valence-electron chi connectivity index (χ4n) is 3.53. The van der Waals surface area contributed by atoms with Gasteiger partial charge in [-0.15, -0.1) is 0 Å². The fourth-order valence-corrected chi connectivity index (χ4v) is 3.53. The van der Waals surface area contributed by atoms with Crippen molar-refractivity contribution in [2.45, 2.75) is 38.8 Å². The molecule has 4 heterocycles. The SMILES string of the molecule is CCn1cnc2c(N3CCCC3CC(=O)c3cnn(C)c3)ncnc21. The van der Waals surface area contributed by atoms with Crippen molar-refractivity contribution in [2.75, 3.05) is 11.4 Å². The number of Topliss-reactive ketones (excluding diaryl/α,β-unsaturated/α-hetero) is 1. The third-order valence-electron chi connectivity index (χ3n) is 4.82. The van der Waals surface area contributed by atoms with Crippen molar-refractivity contribution < 1.29 is 4.79 Å². The minimum Gasteiger partial charge on any atom is -0.351 e. The summed E-state index contributed by atoms with van der Waals surface area (Å²) in [5, 5.41) is 4.09. The van der Waals surface area contributed by atoms with E-state index < -0.39 is 0 Å². The van der Waals surface area contributed by atoms with Crippen LogP contribution in [-0.2, 0) is 13.6 Å². The molecule has 1 saturated heterocycles. The second kappa shape index (κ2) is 6.27. The first-order valence-corrected chi connectivity index (χ1v) is 8.61. The first-order chi connectivity index (χ1) is 12.2. The van der Waals surface area contributed by atoms with Crippen LogP contribution in [0.1, 0.15) is 36.5 Å². The lowest BCUT2D eigenvalue weighted by atomic mass is 10.0. The molecule has 0 N–H and O–H groups in total. The van der Waals surface area contributed by atoms with E-state index in [1.807, 2.05) is 11.6 Å². The van der Waals surface area contributed by atoms with Crippen molar-refractivity contribution in [1.29, 1.82) is 0 Å². The highest BCUT2D eigenvalue weighted by Gasteiger charge is 2.30. The molecule has 3 aromatic rings. The molecule has 0 aromatic carbocycles. The van der Waals surface area contributed by atoms with Gasteiger partial charge in [-0.1, -0.05) is 0 Å². The molecule has 8 nitrogen and oxygen atoms in total. The van der Waals surface area contributed by atoms with Gasteiger partial charge in [0.15, 0.2) is 22.8 Å². The molecule has 0 radical (unpaired) electrons. The van der Waals surface area contributed by atoms with Gasteiger partial charge >= 0.3 is 0 Å². The van der Waals surface area contributed by atoms with Gasteiger partial charge in [-0.3, -0.25) is 9.48 Å². The van der Waals surface area contributed by atoms with Gasteiger partial charge in [0, 0.05) is 38.8 Å². The largest absolute Gasteiger partial charge is 0.351 e. The quantitative estimate of drug-likeness (QED) is 0.660. The molecule has 1 fully saturated rings. The molecule has 1 aliphatic rings. The van der Waals surface area contributed by atoms with Gasteiger partial charge in [0.25, 0.3) is 0 Å². The Kier molecular flexibility index (Phi) is 3.95. The number of hydrogen-bond acceptors (Lipinski definition) is 6. The molecule has 0 saturated carbocycles. The monoisotopic (exact) mass is 339 g/mol. The van der Waals surface area contributed by atoms with Crippen LogP contribution in [0.3, 0.4) is 0 Å². The number of imidazole rings is 1. The fraction of sp³-hybridized carbons (Fsp3) is 0.471. The smallest absolute Gasteiger partial charge is 0.168 e. The molecule has 130 valence electrons. The highest BCUT2D eigenvalue weighted by atomic mass is 16.1. The van der Waals surface area contributed by atoms with E-state index in [2.05, 4.69) is 31.9 Å². The van der Waals surface area contributed by atoms with Crippen molar-refractivity contribution in [3.8, 4) is 0 Å². The maximum atomic E-state index is 12.6. The average Bonchev–Trinajstić information content (AvgIpc) is 3.33. The van der Waals surface area contributed by atoms with Crippen molar-refractivity contribution in [3.63, 3.8) is 0 Å². The molecule has 0 spiro atoms. The lowest BCUT2D eigenvalue weighted by Crippen LogP contribution is -2.32. The molecule has 1 aliphatic heterocycles. The van der Waals surface area contributed by atoms with E-state index in [1.54, 1.807) is 29.7 Å². The molecule has 3 aromatic heterocycles. The van der Waals surface area contributed by atoms with E-state index in [9.17, 15) is 4.79 Å². The predicted molar refractivity (Wildman–Crippen MR) is 93.5 cm³/mol. The molecule has 0 bridgehead atoms. The summed E-state index contributed by atoms with van der Waals surface area (Å²) in [7, 11) is 1.82.